The Balaban J connectivity index is 2.56. The maximum Gasteiger partial charge on any atom is 0.270 e. The average Bonchev–Trinajstić information content (AvgIpc) is 2.24. The molecule has 0 spiro atoms. The Morgan fingerprint density at radius 2 is 2.00 bits per heavy atom. The van der Waals surface area contributed by atoms with Gasteiger partial charge >= 0.3 is 0 Å². The van der Waals surface area contributed by atoms with E-state index in [2.05, 4.69) is 5.16 Å². The van der Waals surface area contributed by atoms with E-state index in [1.807, 2.05) is 44.2 Å². The van der Waals surface area contributed by atoms with Crippen LogP contribution in [0.2, 0.25) is 0 Å². The lowest BCUT2D eigenvalue weighted by Crippen LogP contribution is -2.15. The van der Waals surface area contributed by atoms with Gasteiger partial charge in [0.1, 0.15) is 12.3 Å². The quantitative estimate of drug-likeness (QED) is 0.450. The van der Waals surface area contributed by atoms with Crippen LogP contribution < -0.4 is 0 Å². The molecule has 86 valence electrons. The Morgan fingerprint density at radius 3 is 2.50 bits per heavy atom. The van der Waals surface area contributed by atoms with Crippen molar-refractivity contribution in [1.82, 2.24) is 0 Å². The van der Waals surface area contributed by atoms with Crippen LogP contribution in [0.25, 0.3) is 0 Å². The molecule has 0 N–H and O–H groups in total. The van der Waals surface area contributed by atoms with Gasteiger partial charge in [0.2, 0.25) is 0 Å². The minimum Gasteiger partial charge on any atom is -0.391 e. The fourth-order valence-electron chi connectivity index (χ4n) is 1.12. The summed E-state index contributed by atoms with van der Waals surface area (Å²) < 4.78 is 0. The summed E-state index contributed by atoms with van der Waals surface area (Å²) in [5.74, 6) is -0.0410. The molecule has 1 rings (SSSR count). The first-order valence-corrected chi connectivity index (χ1v) is 5.42. The molecule has 0 radical (unpaired) electrons. The maximum absolute atomic E-state index is 11.0. The SMILES string of the molecule is CC(C)/C(=N\OCc1ccccc1)C(=O)Cl. The van der Waals surface area contributed by atoms with Crippen molar-refractivity contribution in [3.05, 3.63) is 35.9 Å². The smallest absolute Gasteiger partial charge is 0.270 e. The second-order valence-corrected chi connectivity index (χ2v) is 4.01. The van der Waals surface area contributed by atoms with E-state index in [0.29, 0.717) is 6.61 Å². The fourth-order valence-corrected chi connectivity index (χ4v) is 1.37. The van der Waals surface area contributed by atoms with Crippen LogP contribution in [0.4, 0.5) is 0 Å². The predicted octanol–water partition coefficient (Wildman–Crippen LogP) is 2.98. The van der Waals surface area contributed by atoms with E-state index in [4.69, 9.17) is 16.4 Å². The summed E-state index contributed by atoms with van der Waals surface area (Å²) in [4.78, 5) is 16.1. The molecule has 0 fully saturated rings. The summed E-state index contributed by atoms with van der Waals surface area (Å²) in [6, 6.07) is 9.60. The minimum absolute atomic E-state index is 0.0410. The molecule has 0 aromatic heterocycles. The molecule has 0 saturated heterocycles. The highest BCUT2D eigenvalue weighted by Gasteiger charge is 2.13. The average molecular weight is 240 g/mol. The molecule has 1 aromatic rings. The summed E-state index contributed by atoms with van der Waals surface area (Å²) in [6.07, 6.45) is 0. The Bertz CT molecular complexity index is 374. The van der Waals surface area contributed by atoms with Gasteiger partial charge in [-0.25, -0.2) is 0 Å². The third kappa shape index (κ3) is 4.03. The van der Waals surface area contributed by atoms with Gasteiger partial charge in [0, 0.05) is 5.92 Å². The second kappa shape index (κ2) is 6.28. The lowest BCUT2D eigenvalue weighted by molar-refractivity contribution is -0.106. The van der Waals surface area contributed by atoms with Crippen molar-refractivity contribution < 1.29 is 9.63 Å². The predicted molar refractivity (Wildman–Crippen MR) is 64.4 cm³/mol. The fraction of sp³-hybridized carbons (Fsp3) is 0.333. The van der Waals surface area contributed by atoms with Crippen LogP contribution in [0.1, 0.15) is 19.4 Å². The third-order valence-corrected chi connectivity index (χ3v) is 2.18. The summed E-state index contributed by atoms with van der Waals surface area (Å²) in [5, 5.41) is 3.19. The number of benzene rings is 1. The normalized spacial score (nSPS) is 11.6. The lowest BCUT2D eigenvalue weighted by atomic mass is 10.1. The van der Waals surface area contributed by atoms with E-state index in [1.165, 1.54) is 0 Å². The number of halogens is 1. The first kappa shape index (κ1) is 12.7. The largest absolute Gasteiger partial charge is 0.391 e. The number of oxime groups is 1. The lowest BCUT2D eigenvalue weighted by Gasteiger charge is -2.05. The molecule has 0 atom stereocenters. The molecule has 0 amide bonds. The monoisotopic (exact) mass is 239 g/mol. The molecule has 3 nitrogen and oxygen atoms in total. The zero-order chi connectivity index (χ0) is 12.0. The number of hydrogen-bond donors (Lipinski definition) is 0. The van der Waals surface area contributed by atoms with Crippen LogP contribution >= 0.6 is 11.6 Å². The molecule has 0 aliphatic rings. The minimum atomic E-state index is -0.567. The van der Waals surface area contributed by atoms with Gasteiger partial charge in [0.15, 0.2) is 0 Å². The molecule has 0 heterocycles. The molecule has 0 saturated carbocycles. The van der Waals surface area contributed by atoms with Gasteiger partial charge in [-0.2, -0.15) is 0 Å². The molecular weight excluding hydrogens is 226 g/mol. The van der Waals surface area contributed by atoms with Crippen LogP contribution in [0.15, 0.2) is 35.5 Å². The van der Waals surface area contributed by atoms with Gasteiger partial charge in [-0.1, -0.05) is 49.3 Å². The maximum atomic E-state index is 11.0. The van der Waals surface area contributed by atoms with Gasteiger partial charge in [0.25, 0.3) is 5.24 Å². The van der Waals surface area contributed by atoms with Gasteiger partial charge < -0.3 is 4.84 Å². The highest BCUT2D eigenvalue weighted by molar-refractivity contribution is 6.82. The molecule has 0 bridgehead atoms. The number of nitrogens with zero attached hydrogens (tertiary/aromatic N) is 1. The number of carbonyl (C=O) groups is 1. The van der Waals surface area contributed by atoms with Gasteiger partial charge in [-0.15, -0.1) is 0 Å². The standard InChI is InChI=1S/C12H14ClNO2/c1-9(2)11(12(13)15)14-16-8-10-6-4-3-5-7-10/h3-7,9H,8H2,1-2H3/b14-11+. The molecule has 0 aliphatic carbocycles. The number of rotatable bonds is 5. The van der Waals surface area contributed by atoms with E-state index in [-0.39, 0.29) is 11.6 Å². The van der Waals surface area contributed by atoms with Crippen molar-refractivity contribution in [2.24, 2.45) is 11.1 Å². The van der Waals surface area contributed by atoms with Crippen LogP contribution in [0.3, 0.4) is 0 Å². The summed E-state index contributed by atoms with van der Waals surface area (Å²) in [6.45, 7) is 4.01. The Labute approximate surface area is 100 Å². The van der Waals surface area contributed by atoms with Gasteiger partial charge in [-0.3, -0.25) is 4.79 Å². The number of hydrogen-bond acceptors (Lipinski definition) is 3. The van der Waals surface area contributed by atoms with Crippen LogP contribution in [-0.2, 0) is 16.2 Å². The zero-order valence-corrected chi connectivity index (χ0v) is 10.1. The summed E-state index contributed by atoms with van der Waals surface area (Å²) in [7, 11) is 0. The molecular formula is C12H14ClNO2. The van der Waals surface area contributed by atoms with Crippen LogP contribution in [0, 0.1) is 5.92 Å². The van der Waals surface area contributed by atoms with Crippen molar-refractivity contribution >= 4 is 22.6 Å². The van der Waals surface area contributed by atoms with Crippen molar-refractivity contribution in [2.45, 2.75) is 20.5 Å². The number of carbonyl (C=O) groups excluding carboxylic acids is 1. The summed E-state index contributed by atoms with van der Waals surface area (Å²) >= 11 is 5.37. The van der Waals surface area contributed by atoms with Gasteiger partial charge in [0.05, 0.1) is 0 Å². The van der Waals surface area contributed by atoms with E-state index >= 15 is 0 Å². The van der Waals surface area contributed by atoms with Crippen molar-refractivity contribution in [2.75, 3.05) is 0 Å². The molecule has 4 heteroatoms. The third-order valence-electron chi connectivity index (χ3n) is 1.99. The van der Waals surface area contributed by atoms with E-state index in [9.17, 15) is 4.79 Å². The van der Waals surface area contributed by atoms with Crippen molar-refractivity contribution in [1.29, 1.82) is 0 Å². The van der Waals surface area contributed by atoms with Crippen molar-refractivity contribution in [3.8, 4) is 0 Å². The summed E-state index contributed by atoms with van der Waals surface area (Å²) in [5.41, 5.74) is 1.24. The Hall–Kier alpha value is -1.35. The molecule has 1 aromatic carbocycles. The van der Waals surface area contributed by atoms with Crippen molar-refractivity contribution in [3.63, 3.8) is 0 Å². The second-order valence-electron chi connectivity index (χ2n) is 3.66. The van der Waals surface area contributed by atoms with E-state index in [0.717, 1.165) is 5.56 Å². The van der Waals surface area contributed by atoms with Crippen LogP contribution in [-0.4, -0.2) is 11.0 Å². The topological polar surface area (TPSA) is 38.7 Å². The first-order valence-electron chi connectivity index (χ1n) is 5.05. The zero-order valence-electron chi connectivity index (χ0n) is 9.31. The molecule has 16 heavy (non-hydrogen) atoms. The Kier molecular flexibility index (Phi) is 4.99. The van der Waals surface area contributed by atoms with Gasteiger partial charge in [-0.05, 0) is 17.2 Å². The first-order chi connectivity index (χ1) is 7.61. The molecule has 0 unspecified atom stereocenters. The molecule has 0 aliphatic heterocycles. The van der Waals surface area contributed by atoms with E-state index < -0.39 is 5.24 Å². The Morgan fingerprint density at radius 1 is 1.38 bits per heavy atom. The van der Waals surface area contributed by atoms with E-state index in [1.54, 1.807) is 0 Å². The van der Waals surface area contributed by atoms with Crippen LogP contribution in [0.5, 0.6) is 0 Å². The highest BCUT2D eigenvalue weighted by Crippen LogP contribution is 2.05. The highest BCUT2D eigenvalue weighted by atomic mass is 35.5.